The van der Waals surface area contributed by atoms with Gasteiger partial charge in [0, 0.05) is 24.9 Å². The van der Waals surface area contributed by atoms with E-state index < -0.39 is 0 Å². The van der Waals surface area contributed by atoms with Gasteiger partial charge in [0.2, 0.25) is 0 Å². The Balaban J connectivity index is 0.00000364. The van der Waals surface area contributed by atoms with Crippen LogP contribution in [0.3, 0.4) is 0 Å². The van der Waals surface area contributed by atoms with Gasteiger partial charge in [-0.25, -0.2) is 9.98 Å². The van der Waals surface area contributed by atoms with Gasteiger partial charge in [-0.2, -0.15) is 0 Å². The Morgan fingerprint density at radius 1 is 1.26 bits per heavy atom. The van der Waals surface area contributed by atoms with Crippen LogP contribution >= 0.6 is 35.3 Å². The van der Waals surface area contributed by atoms with Gasteiger partial charge in [0.15, 0.2) is 17.5 Å². The van der Waals surface area contributed by atoms with E-state index in [9.17, 15) is 0 Å². The zero-order chi connectivity index (χ0) is 18.8. The molecule has 0 aliphatic rings. The molecule has 2 aromatic rings. The molecule has 0 saturated carbocycles. The lowest BCUT2D eigenvalue weighted by Crippen LogP contribution is -2.39. The summed E-state index contributed by atoms with van der Waals surface area (Å²) in [5.41, 5.74) is 1.11. The first kappa shape index (κ1) is 23.5. The summed E-state index contributed by atoms with van der Waals surface area (Å²) in [6.45, 7) is 8.22. The van der Waals surface area contributed by atoms with Crippen molar-refractivity contribution in [2.24, 2.45) is 4.99 Å². The van der Waals surface area contributed by atoms with E-state index in [1.54, 1.807) is 18.4 Å². The molecule has 27 heavy (non-hydrogen) atoms. The van der Waals surface area contributed by atoms with Crippen molar-refractivity contribution in [1.82, 2.24) is 15.6 Å². The van der Waals surface area contributed by atoms with Crippen LogP contribution in [0, 0.1) is 6.92 Å². The van der Waals surface area contributed by atoms with Gasteiger partial charge in [0.1, 0.15) is 6.10 Å². The fourth-order valence-corrected chi connectivity index (χ4v) is 3.01. The highest BCUT2D eigenvalue weighted by molar-refractivity contribution is 14.0. The van der Waals surface area contributed by atoms with Crippen molar-refractivity contribution < 1.29 is 9.47 Å². The second-order valence-corrected chi connectivity index (χ2v) is 6.90. The SMILES string of the molecule is CCNC(=NCC(C)Oc1ccccc1OC)NCCc1csc(C)n1.I. The number of benzene rings is 1. The predicted octanol–water partition coefficient (Wildman–Crippen LogP) is 3.64. The van der Waals surface area contributed by atoms with Crippen LogP contribution in [0.1, 0.15) is 24.5 Å². The van der Waals surface area contributed by atoms with Crippen molar-refractivity contribution in [3.63, 3.8) is 0 Å². The Bertz CT molecular complexity index is 709. The second kappa shape index (κ2) is 12.8. The smallest absolute Gasteiger partial charge is 0.191 e. The molecule has 0 radical (unpaired) electrons. The highest BCUT2D eigenvalue weighted by atomic mass is 127. The minimum atomic E-state index is -0.0667. The number of thiazole rings is 1. The number of guanidine groups is 1. The lowest BCUT2D eigenvalue weighted by Gasteiger charge is -2.16. The van der Waals surface area contributed by atoms with E-state index in [1.807, 2.05) is 38.1 Å². The number of nitrogens with zero attached hydrogens (tertiary/aromatic N) is 2. The maximum atomic E-state index is 5.95. The summed E-state index contributed by atoms with van der Waals surface area (Å²) < 4.78 is 11.3. The maximum absolute atomic E-state index is 5.95. The molecule has 0 bridgehead atoms. The average molecular weight is 504 g/mol. The minimum Gasteiger partial charge on any atom is -0.493 e. The third kappa shape index (κ3) is 8.34. The monoisotopic (exact) mass is 504 g/mol. The molecule has 0 amide bonds. The number of hydrogen-bond donors (Lipinski definition) is 2. The van der Waals surface area contributed by atoms with Gasteiger partial charge in [-0.3, -0.25) is 0 Å². The average Bonchev–Trinajstić information content (AvgIpc) is 3.05. The number of nitrogens with one attached hydrogen (secondary N) is 2. The molecule has 0 aliphatic carbocycles. The van der Waals surface area contributed by atoms with Crippen LogP contribution in [0.15, 0.2) is 34.6 Å². The van der Waals surface area contributed by atoms with E-state index in [1.165, 1.54) is 0 Å². The summed E-state index contributed by atoms with van der Waals surface area (Å²) >= 11 is 1.68. The number of aryl methyl sites for hydroxylation is 1. The van der Waals surface area contributed by atoms with E-state index in [0.29, 0.717) is 6.54 Å². The van der Waals surface area contributed by atoms with Gasteiger partial charge >= 0.3 is 0 Å². The van der Waals surface area contributed by atoms with Crippen molar-refractivity contribution in [2.75, 3.05) is 26.7 Å². The molecule has 0 saturated heterocycles. The third-order valence-corrected chi connectivity index (χ3v) is 4.41. The van der Waals surface area contributed by atoms with E-state index in [-0.39, 0.29) is 30.1 Å². The molecular weight excluding hydrogens is 475 g/mol. The van der Waals surface area contributed by atoms with Crippen molar-refractivity contribution in [2.45, 2.75) is 33.3 Å². The standard InChI is InChI=1S/C19H28N4O2S.HI/c1-5-20-19(21-11-10-16-13-26-15(3)23-16)22-12-14(2)25-18-9-7-6-8-17(18)24-4;/h6-9,13-14H,5,10-12H2,1-4H3,(H2,20,21,22);1H. The van der Waals surface area contributed by atoms with Crippen molar-refractivity contribution in [1.29, 1.82) is 0 Å². The number of halogens is 1. The van der Waals surface area contributed by atoms with E-state index in [2.05, 4.69) is 32.9 Å². The normalized spacial score (nSPS) is 12.1. The van der Waals surface area contributed by atoms with Crippen LogP contribution in [0.5, 0.6) is 11.5 Å². The zero-order valence-electron chi connectivity index (χ0n) is 16.3. The van der Waals surface area contributed by atoms with Crippen LogP contribution in [0.4, 0.5) is 0 Å². The Hall–Kier alpha value is -1.55. The number of aromatic nitrogens is 1. The Morgan fingerprint density at radius 3 is 2.63 bits per heavy atom. The number of aliphatic imine (C=N–C) groups is 1. The molecule has 8 heteroatoms. The highest BCUT2D eigenvalue weighted by Gasteiger charge is 2.08. The molecule has 1 aromatic heterocycles. The highest BCUT2D eigenvalue weighted by Crippen LogP contribution is 2.26. The maximum Gasteiger partial charge on any atom is 0.191 e. The molecule has 2 N–H and O–H groups in total. The van der Waals surface area contributed by atoms with Gasteiger partial charge in [-0.1, -0.05) is 12.1 Å². The van der Waals surface area contributed by atoms with Gasteiger partial charge in [0.05, 0.1) is 24.4 Å². The molecular formula is C19H29IN4O2S. The van der Waals surface area contributed by atoms with Crippen LogP contribution in [-0.4, -0.2) is 43.8 Å². The Morgan fingerprint density at radius 2 is 2.00 bits per heavy atom. The second-order valence-electron chi connectivity index (χ2n) is 5.83. The summed E-state index contributed by atoms with van der Waals surface area (Å²) in [6.07, 6.45) is 0.810. The predicted molar refractivity (Wildman–Crippen MR) is 123 cm³/mol. The third-order valence-electron chi connectivity index (χ3n) is 3.59. The quantitative estimate of drug-likeness (QED) is 0.310. The first-order chi connectivity index (χ1) is 12.6. The molecule has 0 spiro atoms. The summed E-state index contributed by atoms with van der Waals surface area (Å²) in [4.78, 5) is 9.09. The number of hydrogen-bond acceptors (Lipinski definition) is 5. The lowest BCUT2D eigenvalue weighted by molar-refractivity contribution is 0.219. The molecule has 1 unspecified atom stereocenters. The van der Waals surface area contributed by atoms with Gasteiger partial charge in [-0.15, -0.1) is 35.3 Å². The molecule has 150 valence electrons. The zero-order valence-corrected chi connectivity index (χ0v) is 19.5. The van der Waals surface area contributed by atoms with Crippen molar-refractivity contribution in [3.05, 3.63) is 40.3 Å². The number of para-hydroxylation sites is 2. The van der Waals surface area contributed by atoms with Crippen LogP contribution in [0.25, 0.3) is 0 Å². The molecule has 1 atom stereocenters. The molecule has 2 rings (SSSR count). The Labute approximate surface area is 182 Å². The Kier molecular flexibility index (Phi) is 11.1. The van der Waals surface area contributed by atoms with E-state index in [4.69, 9.17) is 9.47 Å². The van der Waals surface area contributed by atoms with Crippen LogP contribution in [-0.2, 0) is 6.42 Å². The van der Waals surface area contributed by atoms with Crippen LogP contribution in [0.2, 0.25) is 0 Å². The number of methoxy groups -OCH3 is 1. The molecule has 0 aliphatic heterocycles. The summed E-state index contributed by atoms with van der Waals surface area (Å²) in [5.74, 6) is 2.25. The fourth-order valence-electron chi connectivity index (χ4n) is 2.36. The largest absolute Gasteiger partial charge is 0.493 e. The lowest BCUT2D eigenvalue weighted by atomic mass is 10.3. The number of ether oxygens (including phenoxy) is 2. The topological polar surface area (TPSA) is 67.8 Å². The first-order valence-corrected chi connectivity index (χ1v) is 9.73. The van der Waals surface area contributed by atoms with Crippen molar-refractivity contribution in [3.8, 4) is 11.5 Å². The number of rotatable bonds is 9. The fraction of sp³-hybridized carbons (Fsp3) is 0.474. The molecule has 0 fully saturated rings. The molecule has 6 nitrogen and oxygen atoms in total. The summed E-state index contributed by atoms with van der Waals surface area (Å²) in [5, 5.41) is 9.80. The molecule has 1 heterocycles. The van der Waals surface area contributed by atoms with E-state index >= 15 is 0 Å². The van der Waals surface area contributed by atoms with Gasteiger partial charge in [-0.05, 0) is 32.9 Å². The minimum absolute atomic E-state index is 0. The molecule has 1 aromatic carbocycles. The summed E-state index contributed by atoms with van der Waals surface area (Å²) in [6, 6.07) is 7.64. The summed E-state index contributed by atoms with van der Waals surface area (Å²) in [7, 11) is 1.64. The van der Waals surface area contributed by atoms with E-state index in [0.717, 1.165) is 47.7 Å². The van der Waals surface area contributed by atoms with Gasteiger partial charge in [0.25, 0.3) is 0 Å². The van der Waals surface area contributed by atoms with Gasteiger partial charge < -0.3 is 20.1 Å². The van der Waals surface area contributed by atoms with Crippen molar-refractivity contribution >= 4 is 41.3 Å². The first-order valence-electron chi connectivity index (χ1n) is 8.85. The van der Waals surface area contributed by atoms with Crippen LogP contribution < -0.4 is 20.1 Å².